The molecule has 0 N–H and O–H groups in total. The van der Waals surface area contributed by atoms with Crippen LogP contribution in [-0.4, -0.2) is 43.7 Å². The van der Waals surface area contributed by atoms with Crippen molar-refractivity contribution >= 4 is 5.91 Å². The Hall–Kier alpha value is -3.06. The Labute approximate surface area is 157 Å². The van der Waals surface area contributed by atoms with Gasteiger partial charge < -0.3 is 14.2 Å². The van der Waals surface area contributed by atoms with Crippen molar-refractivity contribution in [3.05, 3.63) is 78.1 Å². The lowest BCUT2D eigenvalue weighted by Crippen LogP contribution is -2.41. The van der Waals surface area contributed by atoms with E-state index in [-0.39, 0.29) is 11.9 Å². The highest BCUT2D eigenvalue weighted by Crippen LogP contribution is 2.25. The average Bonchev–Trinajstić information content (AvgIpc) is 3.21. The van der Waals surface area contributed by atoms with Gasteiger partial charge in [0.15, 0.2) is 0 Å². The maximum Gasteiger partial charge on any atom is 0.255 e. The van der Waals surface area contributed by atoms with Gasteiger partial charge in [-0.25, -0.2) is 0 Å². The van der Waals surface area contributed by atoms with Gasteiger partial charge in [0, 0.05) is 37.4 Å². The number of carbonyl (C=O) groups is 1. The van der Waals surface area contributed by atoms with Crippen LogP contribution in [0, 0.1) is 0 Å². The van der Waals surface area contributed by atoms with Crippen molar-refractivity contribution < 1.29 is 9.53 Å². The van der Waals surface area contributed by atoms with E-state index in [9.17, 15) is 4.79 Å². The molecule has 7 heteroatoms. The highest BCUT2D eigenvalue weighted by atomic mass is 16.5. The van der Waals surface area contributed by atoms with Crippen LogP contribution in [0.4, 0.5) is 0 Å². The number of fused-ring (bicyclic) bond motifs is 1. The molecule has 1 amide bonds. The number of rotatable bonds is 6. The van der Waals surface area contributed by atoms with Crippen LogP contribution in [0.1, 0.15) is 34.1 Å². The summed E-state index contributed by atoms with van der Waals surface area (Å²) in [4.78, 5) is 18.8. The van der Waals surface area contributed by atoms with Gasteiger partial charge in [-0.05, 0) is 36.2 Å². The number of amides is 1. The van der Waals surface area contributed by atoms with Gasteiger partial charge in [0.05, 0.1) is 37.2 Å². The van der Waals surface area contributed by atoms with Gasteiger partial charge in [-0.15, -0.1) is 0 Å². The minimum Gasteiger partial charge on any atom is -0.377 e. The normalized spacial score (nSPS) is 16.1. The lowest BCUT2D eigenvalue weighted by Gasteiger charge is -2.35. The first-order chi connectivity index (χ1) is 13.3. The standard InChI is InChI=1S/C20H21N5O2/c26-20(17-5-8-22-23-12-17)24-13-18-4-2-9-25(18)19(14-24)6-10-27-15-16-3-1-7-21-11-16/h1-5,7-9,11-12,19H,6,10,13-15H2. The Kier molecular flexibility index (Phi) is 5.20. The molecular formula is C20H21N5O2. The van der Waals surface area contributed by atoms with Crippen molar-refractivity contribution in [3.8, 4) is 0 Å². The molecule has 1 atom stereocenters. The summed E-state index contributed by atoms with van der Waals surface area (Å²) < 4.78 is 8.07. The van der Waals surface area contributed by atoms with Gasteiger partial charge in [-0.2, -0.15) is 10.2 Å². The zero-order valence-corrected chi connectivity index (χ0v) is 14.9. The number of pyridine rings is 1. The Morgan fingerprint density at radius 1 is 1.15 bits per heavy atom. The largest absolute Gasteiger partial charge is 0.377 e. The molecule has 1 unspecified atom stereocenters. The van der Waals surface area contributed by atoms with E-state index in [0.29, 0.717) is 31.9 Å². The van der Waals surface area contributed by atoms with Crippen LogP contribution in [0.3, 0.4) is 0 Å². The van der Waals surface area contributed by atoms with Crippen LogP contribution < -0.4 is 0 Å². The smallest absolute Gasteiger partial charge is 0.255 e. The van der Waals surface area contributed by atoms with Gasteiger partial charge in [-0.3, -0.25) is 9.78 Å². The SMILES string of the molecule is O=C(c1ccnnc1)N1Cc2cccn2C(CCOCc2cccnc2)C1. The number of nitrogens with zero attached hydrogens (tertiary/aromatic N) is 5. The summed E-state index contributed by atoms with van der Waals surface area (Å²) in [6, 6.07) is 9.89. The van der Waals surface area contributed by atoms with Crippen molar-refractivity contribution in [2.75, 3.05) is 13.2 Å². The van der Waals surface area contributed by atoms with Crippen LogP contribution in [0.5, 0.6) is 0 Å². The maximum absolute atomic E-state index is 12.8. The molecule has 7 nitrogen and oxygen atoms in total. The van der Waals surface area contributed by atoms with Crippen LogP contribution in [-0.2, 0) is 17.9 Å². The lowest BCUT2D eigenvalue weighted by atomic mass is 10.1. The first-order valence-electron chi connectivity index (χ1n) is 8.99. The minimum atomic E-state index is -0.0152. The topological polar surface area (TPSA) is 73.1 Å². The fraction of sp³-hybridized carbons (Fsp3) is 0.300. The van der Waals surface area contributed by atoms with Crippen LogP contribution in [0.2, 0.25) is 0 Å². The van der Waals surface area contributed by atoms with E-state index in [1.54, 1.807) is 18.5 Å². The summed E-state index contributed by atoms with van der Waals surface area (Å²) in [6.45, 7) is 2.42. The Morgan fingerprint density at radius 3 is 2.93 bits per heavy atom. The van der Waals surface area contributed by atoms with E-state index in [1.807, 2.05) is 29.3 Å². The molecule has 3 aromatic heterocycles. The molecule has 4 heterocycles. The van der Waals surface area contributed by atoms with Gasteiger partial charge in [0.25, 0.3) is 5.91 Å². The highest BCUT2D eigenvalue weighted by Gasteiger charge is 2.28. The van der Waals surface area contributed by atoms with Gasteiger partial charge in [0.2, 0.25) is 0 Å². The molecule has 1 aliphatic rings. The molecule has 138 valence electrons. The zero-order chi connectivity index (χ0) is 18.5. The molecular weight excluding hydrogens is 342 g/mol. The third-order valence-electron chi connectivity index (χ3n) is 4.75. The molecule has 0 radical (unpaired) electrons. The van der Waals surface area contributed by atoms with Gasteiger partial charge >= 0.3 is 0 Å². The molecule has 27 heavy (non-hydrogen) atoms. The Morgan fingerprint density at radius 2 is 2.11 bits per heavy atom. The summed E-state index contributed by atoms with van der Waals surface area (Å²) in [5.74, 6) is -0.0152. The van der Waals surface area contributed by atoms with Gasteiger partial charge in [-0.1, -0.05) is 6.07 Å². The molecule has 0 aromatic carbocycles. The third-order valence-corrected chi connectivity index (χ3v) is 4.75. The monoisotopic (exact) mass is 363 g/mol. The Bertz CT molecular complexity index is 882. The van der Waals surface area contributed by atoms with Crippen molar-refractivity contribution in [2.24, 2.45) is 0 Å². The molecule has 0 spiro atoms. The van der Waals surface area contributed by atoms with Crippen molar-refractivity contribution in [1.82, 2.24) is 24.6 Å². The number of hydrogen-bond acceptors (Lipinski definition) is 5. The van der Waals surface area contributed by atoms with Crippen LogP contribution in [0.25, 0.3) is 0 Å². The molecule has 4 rings (SSSR count). The van der Waals surface area contributed by atoms with Crippen LogP contribution >= 0.6 is 0 Å². The van der Waals surface area contributed by atoms with E-state index in [0.717, 1.165) is 17.7 Å². The predicted octanol–water partition coefficient (Wildman–Crippen LogP) is 2.48. The van der Waals surface area contributed by atoms with E-state index in [1.165, 1.54) is 6.20 Å². The average molecular weight is 363 g/mol. The fourth-order valence-electron chi connectivity index (χ4n) is 3.40. The quantitative estimate of drug-likeness (QED) is 0.629. The fourth-order valence-corrected chi connectivity index (χ4v) is 3.40. The summed E-state index contributed by atoms with van der Waals surface area (Å²) in [6.07, 6.45) is 9.54. The summed E-state index contributed by atoms with van der Waals surface area (Å²) in [7, 11) is 0. The Balaban J connectivity index is 1.39. The number of hydrogen-bond donors (Lipinski definition) is 0. The summed E-state index contributed by atoms with van der Waals surface area (Å²) in [5, 5.41) is 7.56. The molecule has 0 aliphatic carbocycles. The van der Waals surface area contributed by atoms with E-state index >= 15 is 0 Å². The molecule has 0 bridgehead atoms. The van der Waals surface area contributed by atoms with E-state index < -0.39 is 0 Å². The first kappa shape index (κ1) is 17.4. The minimum absolute atomic E-state index is 0.0152. The molecule has 0 saturated carbocycles. The van der Waals surface area contributed by atoms with E-state index in [4.69, 9.17) is 4.74 Å². The second-order valence-electron chi connectivity index (χ2n) is 6.58. The number of ether oxygens (including phenoxy) is 1. The first-order valence-corrected chi connectivity index (χ1v) is 8.99. The molecule has 1 aliphatic heterocycles. The van der Waals surface area contributed by atoms with E-state index in [2.05, 4.69) is 32.0 Å². The number of aromatic nitrogens is 4. The lowest BCUT2D eigenvalue weighted by molar-refractivity contribution is 0.0620. The molecule has 0 fully saturated rings. The second-order valence-corrected chi connectivity index (χ2v) is 6.58. The predicted molar refractivity (Wildman–Crippen MR) is 98.8 cm³/mol. The second kappa shape index (κ2) is 8.09. The maximum atomic E-state index is 12.8. The van der Waals surface area contributed by atoms with Crippen molar-refractivity contribution in [1.29, 1.82) is 0 Å². The van der Waals surface area contributed by atoms with Crippen molar-refractivity contribution in [2.45, 2.75) is 25.6 Å². The molecule has 3 aromatic rings. The highest BCUT2D eigenvalue weighted by molar-refractivity contribution is 5.93. The van der Waals surface area contributed by atoms with Crippen molar-refractivity contribution in [3.63, 3.8) is 0 Å². The third kappa shape index (κ3) is 4.03. The summed E-state index contributed by atoms with van der Waals surface area (Å²) >= 11 is 0. The van der Waals surface area contributed by atoms with Crippen LogP contribution in [0.15, 0.2) is 61.3 Å². The molecule has 0 saturated heterocycles. The number of carbonyl (C=O) groups excluding carboxylic acids is 1. The summed E-state index contributed by atoms with van der Waals surface area (Å²) in [5.41, 5.74) is 2.76. The zero-order valence-electron chi connectivity index (χ0n) is 14.9. The van der Waals surface area contributed by atoms with Gasteiger partial charge in [0.1, 0.15) is 0 Å².